The summed E-state index contributed by atoms with van der Waals surface area (Å²) in [6.07, 6.45) is 6.02. The summed E-state index contributed by atoms with van der Waals surface area (Å²) >= 11 is 0. The van der Waals surface area contributed by atoms with Crippen LogP contribution in [0.2, 0.25) is 0 Å². The third kappa shape index (κ3) is 2.58. The van der Waals surface area contributed by atoms with E-state index in [1.54, 1.807) is 0 Å². The minimum atomic E-state index is 0.572. The van der Waals surface area contributed by atoms with Gasteiger partial charge in [-0.1, -0.05) is 19.9 Å². The first kappa shape index (κ1) is 12.5. The topological polar surface area (TPSA) is 16.1 Å². The van der Waals surface area contributed by atoms with Gasteiger partial charge in [0.1, 0.15) is 0 Å². The van der Waals surface area contributed by atoms with Crippen molar-refractivity contribution in [1.29, 1.82) is 0 Å². The van der Waals surface area contributed by atoms with Crippen LogP contribution in [0.3, 0.4) is 0 Å². The van der Waals surface area contributed by atoms with E-state index in [1.807, 2.05) is 6.20 Å². The Hall–Kier alpha value is -1.57. The number of piperidine rings is 1. The molecule has 0 saturated carbocycles. The number of fused-ring (bicyclic) bond motifs is 1. The van der Waals surface area contributed by atoms with Crippen molar-refractivity contribution in [2.75, 3.05) is 18.0 Å². The summed E-state index contributed by atoms with van der Waals surface area (Å²) in [7, 11) is 0. The van der Waals surface area contributed by atoms with Gasteiger partial charge in [0.15, 0.2) is 0 Å². The van der Waals surface area contributed by atoms with Crippen LogP contribution in [0.1, 0.15) is 44.6 Å². The monoisotopic (exact) mass is 254 g/mol. The van der Waals surface area contributed by atoms with Crippen molar-refractivity contribution in [2.45, 2.75) is 39.0 Å². The van der Waals surface area contributed by atoms with Crippen LogP contribution in [0.4, 0.5) is 5.69 Å². The van der Waals surface area contributed by atoms with E-state index >= 15 is 0 Å². The van der Waals surface area contributed by atoms with Crippen molar-refractivity contribution in [3.8, 4) is 0 Å². The van der Waals surface area contributed by atoms with Gasteiger partial charge in [-0.05, 0) is 48.9 Å². The summed E-state index contributed by atoms with van der Waals surface area (Å²) in [6.45, 7) is 6.83. The fourth-order valence-corrected chi connectivity index (χ4v) is 2.82. The van der Waals surface area contributed by atoms with Crippen molar-refractivity contribution >= 4 is 16.6 Å². The Kier molecular flexibility index (Phi) is 3.41. The summed E-state index contributed by atoms with van der Waals surface area (Å²) in [6, 6.07) is 8.94. The fraction of sp³-hybridized carbons (Fsp3) is 0.471. The molecule has 0 aliphatic carbocycles. The Labute approximate surface area is 115 Å². The molecule has 1 saturated heterocycles. The van der Waals surface area contributed by atoms with Crippen LogP contribution in [0.5, 0.6) is 0 Å². The highest BCUT2D eigenvalue weighted by molar-refractivity contribution is 5.82. The molecule has 0 bridgehead atoms. The van der Waals surface area contributed by atoms with Crippen molar-refractivity contribution < 1.29 is 0 Å². The molecule has 0 N–H and O–H groups in total. The Morgan fingerprint density at radius 2 is 1.84 bits per heavy atom. The first-order valence-electron chi connectivity index (χ1n) is 7.39. The second-order valence-electron chi connectivity index (χ2n) is 5.85. The van der Waals surface area contributed by atoms with Gasteiger partial charge < -0.3 is 4.90 Å². The third-order valence-corrected chi connectivity index (χ3v) is 4.08. The molecule has 0 unspecified atom stereocenters. The number of rotatable bonds is 2. The first-order chi connectivity index (χ1) is 9.24. The molecule has 2 heterocycles. The van der Waals surface area contributed by atoms with E-state index in [4.69, 9.17) is 0 Å². The summed E-state index contributed by atoms with van der Waals surface area (Å²) < 4.78 is 0. The molecule has 1 aromatic heterocycles. The number of hydrogen-bond donors (Lipinski definition) is 0. The maximum Gasteiger partial charge on any atom is 0.0703 e. The van der Waals surface area contributed by atoms with Crippen LogP contribution < -0.4 is 4.90 Å². The van der Waals surface area contributed by atoms with E-state index in [-0.39, 0.29) is 0 Å². The average molecular weight is 254 g/mol. The average Bonchev–Trinajstić information content (AvgIpc) is 2.47. The van der Waals surface area contributed by atoms with Crippen molar-refractivity contribution in [3.05, 3.63) is 36.0 Å². The third-order valence-electron chi connectivity index (χ3n) is 4.08. The highest BCUT2D eigenvalue weighted by Crippen LogP contribution is 2.25. The lowest BCUT2D eigenvalue weighted by Gasteiger charge is -2.28. The number of benzene rings is 1. The molecule has 0 amide bonds. The van der Waals surface area contributed by atoms with E-state index in [2.05, 4.69) is 48.0 Å². The molecule has 1 fully saturated rings. The Morgan fingerprint density at radius 1 is 1.05 bits per heavy atom. The zero-order valence-corrected chi connectivity index (χ0v) is 11.9. The normalized spacial score (nSPS) is 16.3. The SMILES string of the molecule is CC(C)c1ccc2ncc(N3CCCCC3)cc2c1. The molecule has 2 heteroatoms. The minimum Gasteiger partial charge on any atom is -0.370 e. The van der Waals surface area contributed by atoms with Gasteiger partial charge in [0.05, 0.1) is 17.4 Å². The number of hydrogen-bond acceptors (Lipinski definition) is 2. The predicted molar refractivity (Wildman–Crippen MR) is 81.9 cm³/mol. The molecule has 2 aromatic rings. The van der Waals surface area contributed by atoms with E-state index in [0.29, 0.717) is 5.92 Å². The predicted octanol–water partition coefficient (Wildman–Crippen LogP) is 4.35. The maximum atomic E-state index is 4.62. The lowest BCUT2D eigenvalue weighted by atomic mass is 10.0. The van der Waals surface area contributed by atoms with Gasteiger partial charge in [-0.25, -0.2) is 0 Å². The van der Waals surface area contributed by atoms with Crippen LogP contribution in [-0.2, 0) is 0 Å². The van der Waals surface area contributed by atoms with Crippen LogP contribution in [0, 0.1) is 0 Å². The molecule has 19 heavy (non-hydrogen) atoms. The molecule has 100 valence electrons. The molecule has 0 atom stereocenters. The molecule has 2 nitrogen and oxygen atoms in total. The molecule has 1 aromatic carbocycles. The summed E-state index contributed by atoms with van der Waals surface area (Å²) in [5.41, 5.74) is 3.78. The molecule has 0 radical (unpaired) electrons. The summed E-state index contributed by atoms with van der Waals surface area (Å²) in [5.74, 6) is 0.572. The highest BCUT2D eigenvalue weighted by Gasteiger charge is 2.12. The quantitative estimate of drug-likeness (QED) is 0.792. The van der Waals surface area contributed by atoms with Gasteiger partial charge in [0.2, 0.25) is 0 Å². The van der Waals surface area contributed by atoms with Gasteiger partial charge in [0, 0.05) is 18.5 Å². The second-order valence-corrected chi connectivity index (χ2v) is 5.85. The van der Waals surface area contributed by atoms with Gasteiger partial charge >= 0.3 is 0 Å². The standard InChI is InChI=1S/C17H22N2/c1-13(2)14-6-7-17-15(10-14)11-16(12-18-17)19-8-4-3-5-9-19/h6-7,10-13H,3-5,8-9H2,1-2H3. The van der Waals surface area contributed by atoms with Crippen LogP contribution >= 0.6 is 0 Å². The Morgan fingerprint density at radius 3 is 2.58 bits per heavy atom. The number of anilines is 1. The minimum absolute atomic E-state index is 0.572. The lowest BCUT2D eigenvalue weighted by molar-refractivity contribution is 0.577. The smallest absolute Gasteiger partial charge is 0.0703 e. The van der Waals surface area contributed by atoms with Gasteiger partial charge in [-0.15, -0.1) is 0 Å². The molecular weight excluding hydrogens is 232 g/mol. The van der Waals surface area contributed by atoms with Crippen molar-refractivity contribution in [1.82, 2.24) is 4.98 Å². The van der Waals surface area contributed by atoms with E-state index in [9.17, 15) is 0 Å². The van der Waals surface area contributed by atoms with Crippen molar-refractivity contribution in [2.24, 2.45) is 0 Å². The Balaban J connectivity index is 1.98. The maximum absolute atomic E-state index is 4.62. The summed E-state index contributed by atoms with van der Waals surface area (Å²) in [5, 5.41) is 1.27. The molecule has 0 spiro atoms. The van der Waals surface area contributed by atoms with Gasteiger partial charge in [-0.3, -0.25) is 4.98 Å². The van der Waals surface area contributed by atoms with Crippen LogP contribution in [-0.4, -0.2) is 18.1 Å². The zero-order chi connectivity index (χ0) is 13.2. The number of nitrogens with zero attached hydrogens (tertiary/aromatic N) is 2. The number of aromatic nitrogens is 1. The van der Waals surface area contributed by atoms with Crippen molar-refractivity contribution in [3.63, 3.8) is 0 Å². The van der Waals surface area contributed by atoms with E-state index in [1.165, 1.54) is 49.0 Å². The Bertz CT molecular complexity index is 568. The van der Waals surface area contributed by atoms with Crippen LogP contribution in [0.25, 0.3) is 10.9 Å². The van der Waals surface area contributed by atoms with Gasteiger partial charge in [0.25, 0.3) is 0 Å². The first-order valence-corrected chi connectivity index (χ1v) is 7.39. The molecule has 3 rings (SSSR count). The number of pyridine rings is 1. The lowest BCUT2D eigenvalue weighted by Crippen LogP contribution is -2.29. The molecular formula is C17H22N2. The molecule has 1 aliphatic heterocycles. The van der Waals surface area contributed by atoms with Crippen LogP contribution in [0.15, 0.2) is 30.5 Å². The highest BCUT2D eigenvalue weighted by atomic mass is 15.1. The van der Waals surface area contributed by atoms with Gasteiger partial charge in [-0.2, -0.15) is 0 Å². The zero-order valence-electron chi connectivity index (χ0n) is 11.9. The summed E-state index contributed by atoms with van der Waals surface area (Å²) in [4.78, 5) is 7.09. The largest absolute Gasteiger partial charge is 0.370 e. The van der Waals surface area contributed by atoms with E-state index < -0.39 is 0 Å². The van der Waals surface area contributed by atoms with E-state index in [0.717, 1.165) is 5.52 Å². The molecule has 1 aliphatic rings. The fourth-order valence-electron chi connectivity index (χ4n) is 2.82. The second kappa shape index (κ2) is 5.20.